The molecule has 1 aliphatic rings. The molecule has 0 radical (unpaired) electrons. The van der Waals surface area contributed by atoms with Crippen molar-refractivity contribution < 1.29 is 10.2 Å². The van der Waals surface area contributed by atoms with E-state index in [4.69, 9.17) is 0 Å². The van der Waals surface area contributed by atoms with Gasteiger partial charge in [-0.3, -0.25) is 0 Å². The average Bonchev–Trinajstić information content (AvgIpc) is 2.86. The summed E-state index contributed by atoms with van der Waals surface area (Å²) in [6.45, 7) is 4.39. The largest absolute Gasteiger partial charge is 0.380 e. The van der Waals surface area contributed by atoms with Crippen molar-refractivity contribution in [2.24, 2.45) is 0 Å². The lowest BCUT2D eigenvalue weighted by Crippen LogP contribution is -2.43. The number of rotatable bonds is 8. The molecule has 0 atom stereocenters. The third-order valence-corrected chi connectivity index (χ3v) is 7.84. The van der Waals surface area contributed by atoms with E-state index in [1.54, 1.807) is 0 Å². The molecule has 176 valence electrons. The van der Waals surface area contributed by atoms with Gasteiger partial charge in [-0.1, -0.05) is 88.1 Å². The van der Waals surface area contributed by atoms with Gasteiger partial charge in [-0.2, -0.15) is 0 Å². The number of fused-ring (bicyclic) bond motifs is 4. The van der Waals surface area contributed by atoms with E-state index in [0.29, 0.717) is 12.8 Å². The van der Waals surface area contributed by atoms with Crippen molar-refractivity contribution in [1.82, 2.24) is 0 Å². The molecule has 4 aromatic rings. The Bertz CT molecular complexity index is 1130. The van der Waals surface area contributed by atoms with Gasteiger partial charge in [0.15, 0.2) is 0 Å². The van der Waals surface area contributed by atoms with Crippen LogP contribution in [0, 0.1) is 0 Å². The highest BCUT2D eigenvalue weighted by molar-refractivity contribution is 5.88. The normalized spacial score (nSPS) is 21.5. The predicted molar refractivity (Wildman–Crippen MR) is 142 cm³/mol. The standard InChI is InChI=1S/C32H36O2/c1-3-5-11-17-31(33)27-19-23-13-7-9-15-25(23)21-29(27)32(34,18-12-6-4-2)30-22-26-16-10-8-14-24(26)20-28(30)31/h7-10,13-16,19-22,33-34H,3-6,11-12,17-18H2,1-2H3. The summed E-state index contributed by atoms with van der Waals surface area (Å²) < 4.78 is 0. The van der Waals surface area contributed by atoms with Crippen molar-refractivity contribution in [3.63, 3.8) is 0 Å². The van der Waals surface area contributed by atoms with Gasteiger partial charge in [0.05, 0.1) is 0 Å². The molecule has 2 heteroatoms. The summed E-state index contributed by atoms with van der Waals surface area (Å²) in [5.74, 6) is 0. The molecule has 4 aromatic carbocycles. The fourth-order valence-corrected chi connectivity index (χ4v) is 5.94. The van der Waals surface area contributed by atoms with Gasteiger partial charge in [-0.25, -0.2) is 0 Å². The molecule has 0 heterocycles. The highest BCUT2D eigenvalue weighted by Crippen LogP contribution is 2.53. The summed E-state index contributed by atoms with van der Waals surface area (Å²) in [5, 5.41) is 29.5. The van der Waals surface area contributed by atoms with Gasteiger partial charge in [0.2, 0.25) is 0 Å². The van der Waals surface area contributed by atoms with Gasteiger partial charge in [-0.15, -0.1) is 0 Å². The Morgan fingerprint density at radius 1 is 0.500 bits per heavy atom. The molecule has 34 heavy (non-hydrogen) atoms. The molecule has 0 amide bonds. The smallest absolute Gasteiger partial charge is 0.115 e. The lowest BCUT2D eigenvalue weighted by atomic mass is 9.64. The molecule has 0 saturated carbocycles. The Morgan fingerprint density at radius 2 is 0.794 bits per heavy atom. The van der Waals surface area contributed by atoms with E-state index in [2.05, 4.69) is 62.4 Å². The van der Waals surface area contributed by atoms with Crippen LogP contribution in [0.4, 0.5) is 0 Å². The number of hydrogen-bond donors (Lipinski definition) is 2. The summed E-state index contributed by atoms with van der Waals surface area (Å²) in [5.41, 5.74) is 1.27. The molecule has 0 aliphatic heterocycles. The van der Waals surface area contributed by atoms with E-state index in [1.165, 1.54) is 0 Å². The fraction of sp³-hybridized carbons (Fsp3) is 0.375. The van der Waals surface area contributed by atoms with Crippen LogP contribution in [-0.2, 0) is 11.2 Å². The second-order valence-electron chi connectivity index (χ2n) is 10.1. The van der Waals surface area contributed by atoms with E-state index < -0.39 is 11.2 Å². The quantitative estimate of drug-likeness (QED) is 0.266. The summed E-state index contributed by atoms with van der Waals surface area (Å²) in [7, 11) is 0. The molecule has 0 spiro atoms. The minimum absolute atomic E-state index is 0.655. The lowest BCUT2D eigenvalue weighted by molar-refractivity contribution is 0.0188. The summed E-state index contributed by atoms with van der Waals surface area (Å²) >= 11 is 0. The zero-order valence-corrected chi connectivity index (χ0v) is 20.5. The first-order valence-corrected chi connectivity index (χ1v) is 13.0. The first-order chi connectivity index (χ1) is 16.5. The van der Waals surface area contributed by atoms with Crippen LogP contribution in [0.2, 0.25) is 0 Å². The zero-order valence-electron chi connectivity index (χ0n) is 20.5. The van der Waals surface area contributed by atoms with Crippen molar-refractivity contribution in [2.75, 3.05) is 0 Å². The molecular weight excluding hydrogens is 416 g/mol. The second kappa shape index (κ2) is 9.17. The van der Waals surface area contributed by atoms with Crippen LogP contribution in [0.5, 0.6) is 0 Å². The molecule has 5 rings (SSSR count). The van der Waals surface area contributed by atoms with Crippen molar-refractivity contribution in [1.29, 1.82) is 0 Å². The van der Waals surface area contributed by atoms with Crippen LogP contribution in [0.15, 0.2) is 72.8 Å². The number of hydrogen-bond acceptors (Lipinski definition) is 2. The van der Waals surface area contributed by atoms with Gasteiger partial charge in [0.25, 0.3) is 0 Å². The molecule has 2 N–H and O–H groups in total. The average molecular weight is 453 g/mol. The summed E-state index contributed by atoms with van der Waals surface area (Å²) in [6.07, 6.45) is 7.56. The maximum absolute atomic E-state index is 12.5. The molecule has 0 bridgehead atoms. The van der Waals surface area contributed by atoms with Gasteiger partial charge in [-0.05, 0) is 93.7 Å². The first kappa shape index (κ1) is 23.1. The minimum Gasteiger partial charge on any atom is -0.380 e. The highest BCUT2D eigenvalue weighted by atomic mass is 16.3. The van der Waals surface area contributed by atoms with Crippen LogP contribution in [0.1, 0.15) is 87.5 Å². The number of aliphatic hydroxyl groups is 2. The van der Waals surface area contributed by atoms with Crippen LogP contribution in [0.3, 0.4) is 0 Å². The van der Waals surface area contributed by atoms with E-state index in [1.807, 2.05) is 24.3 Å². The van der Waals surface area contributed by atoms with Crippen LogP contribution < -0.4 is 0 Å². The van der Waals surface area contributed by atoms with E-state index >= 15 is 0 Å². The molecule has 0 saturated heterocycles. The van der Waals surface area contributed by atoms with Gasteiger partial charge in [0.1, 0.15) is 11.2 Å². The number of benzene rings is 4. The summed E-state index contributed by atoms with van der Waals surface area (Å²) in [4.78, 5) is 0. The Balaban J connectivity index is 1.82. The topological polar surface area (TPSA) is 40.5 Å². The molecular formula is C32H36O2. The van der Waals surface area contributed by atoms with Crippen molar-refractivity contribution in [2.45, 2.75) is 76.4 Å². The van der Waals surface area contributed by atoms with Crippen LogP contribution >= 0.6 is 0 Å². The van der Waals surface area contributed by atoms with Crippen LogP contribution in [0.25, 0.3) is 21.5 Å². The van der Waals surface area contributed by atoms with Crippen molar-refractivity contribution in [3.8, 4) is 0 Å². The van der Waals surface area contributed by atoms with Gasteiger partial charge >= 0.3 is 0 Å². The van der Waals surface area contributed by atoms with Crippen molar-refractivity contribution in [3.05, 3.63) is 95.1 Å². The maximum Gasteiger partial charge on any atom is 0.115 e. The third-order valence-electron chi connectivity index (χ3n) is 7.84. The SMILES string of the molecule is CCCCCC1(O)c2cc3ccccc3cc2C(O)(CCCCC)c2cc3ccccc3cc21. The van der Waals surface area contributed by atoms with E-state index in [9.17, 15) is 10.2 Å². The van der Waals surface area contributed by atoms with Crippen LogP contribution in [-0.4, -0.2) is 10.2 Å². The van der Waals surface area contributed by atoms with E-state index in [-0.39, 0.29) is 0 Å². The lowest BCUT2D eigenvalue weighted by Gasteiger charge is -2.45. The molecule has 0 fully saturated rings. The van der Waals surface area contributed by atoms with Gasteiger partial charge < -0.3 is 10.2 Å². The van der Waals surface area contributed by atoms with Gasteiger partial charge in [0, 0.05) is 0 Å². The Kier molecular flexibility index (Phi) is 6.22. The second-order valence-corrected chi connectivity index (χ2v) is 10.1. The molecule has 1 aliphatic carbocycles. The minimum atomic E-state index is -1.12. The summed E-state index contributed by atoms with van der Waals surface area (Å²) in [6, 6.07) is 25.2. The molecule has 2 nitrogen and oxygen atoms in total. The maximum atomic E-state index is 12.5. The number of unbranched alkanes of at least 4 members (excludes halogenated alkanes) is 4. The van der Waals surface area contributed by atoms with E-state index in [0.717, 1.165) is 82.3 Å². The van der Waals surface area contributed by atoms with Crippen molar-refractivity contribution >= 4 is 21.5 Å². The Labute approximate surface area is 203 Å². The Hall–Kier alpha value is -2.68. The highest BCUT2D eigenvalue weighted by Gasteiger charge is 2.48. The fourth-order valence-electron chi connectivity index (χ4n) is 5.94. The first-order valence-electron chi connectivity index (χ1n) is 13.0. The predicted octanol–water partition coefficient (Wildman–Crippen LogP) is 7.94. The Morgan fingerprint density at radius 3 is 1.06 bits per heavy atom. The molecule has 0 unspecified atom stereocenters. The zero-order chi connectivity index (χ0) is 23.8. The third kappa shape index (κ3) is 3.74. The molecule has 0 aromatic heterocycles. The monoisotopic (exact) mass is 452 g/mol.